The van der Waals surface area contributed by atoms with Gasteiger partial charge in [0.15, 0.2) is 17.6 Å². The van der Waals surface area contributed by atoms with Gasteiger partial charge in [0.1, 0.15) is 17.3 Å². The van der Waals surface area contributed by atoms with Crippen LogP contribution in [0.5, 0.6) is 0 Å². The second-order valence-electron chi connectivity index (χ2n) is 10.8. The van der Waals surface area contributed by atoms with Gasteiger partial charge in [-0.3, -0.25) is 4.79 Å². The first-order chi connectivity index (χ1) is 21.5. The van der Waals surface area contributed by atoms with Crippen LogP contribution in [-0.2, 0) is 0 Å². The Morgan fingerprint density at radius 3 is 2.49 bits per heavy atom. The van der Waals surface area contributed by atoms with Gasteiger partial charge < -0.3 is 19.9 Å². The summed E-state index contributed by atoms with van der Waals surface area (Å²) < 4.78 is 69.6. The molecule has 6 rings (SSSR count). The molecule has 0 saturated carbocycles. The van der Waals surface area contributed by atoms with Crippen molar-refractivity contribution >= 4 is 17.4 Å². The molecule has 4 aromatic heterocycles. The van der Waals surface area contributed by atoms with Crippen molar-refractivity contribution in [1.29, 1.82) is 0 Å². The number of alkyl halides is 3. The van der Waals surface area contributed by atoms with Gasteiger partial charge in [-0.2, -0.15) is 22.7 Å². The number of carbonyl (C=O) groups excluding carboxylic acids is 1. The molecule has 1 aliphatic rings. The maximum Gasteiger partial charge on any atom is 0.415 e. The Bertz CT molecular complexity index is 1850. The summed E-state index contributed by atoms with van der Waals surface area (Å²) in [5, 5.41) is 16.9. The number of piperidine rings is 1. The van der Waals surface area contributed by atoms with Crippen LogP contribution in [0.25, 0.3) is 28.3 Å². The molecule has 5 aromatic rings. The molecule has 234 valence electrons. The monoisotopic (exact) mass is 626 g/mol. The van der Waals surface area contributed by atoms with Gasteiger partial charge >= 0.3 is 6.18 Å². The molecule has 1 saturated heterocycles. The van der Waals surface area contributed by atoms with E-state index >= 15 is 0 Å². The molecule has 0 aliphatic carbocycles. The van der Waals surface area contributed by atoms with Crippen LogP contribution < -0.4 is 5.32 Å². The van der Waals surface area contributed by atoms with Crippen LogP contribution in [0.3, 0.4) is 0 Å². The van der Waals surface area contributed by atoms with E-state index < -0.39 is 36.5 Å². The van der Waals surface area contributed by atoms with E-state index in [1.807, 2.05) is 11.5 Å². The zero-order valence-corrected chi connectivity index (χ0v) is 23.8. The number of β-amino-alcohol motifs (C(OH)–C–C–N with tert-alkyl or cyclic N) is 1. The molecule has 1 fully saturated rings. The maximum absolute atomic E-state index is 13.8. The number of benzene rings is 1. The van der Waals surface area contributed by atoms with Crippen molar-refractivity contribution < 1.29 is 31.9 Å². The van der Waals surface area contributed by atoms with Gasteiger partial charge in [0.05, 0.1) is 17.6 Å². The van der Waals surface area contributed by atoms with Gasteiger partial charge in [-0.15, -0.1) is 0 Å². The number of rotatable bonds is 7. The van der Waals surface area contributed by atoms with Gasteiger partial charge in [-0.1, -0.05) is 0 Å². The topological polar surface area (TPSA) is 113 Å². The van der Waals surface area contributed by atoms with Crippen molar-refractivity contribution in [3.8, 4) is 22.6 Å². The Morgan fingerprint density at radius 1 is 1.07 bits per heavy atom. The Kier molecular flexibility index (Phi) is 8.05. The molecule has 10 nitrogen and oxygen atoms in total. The molecule has 0 spiro atoms. The van der Waals surface area contributed by atoms with Crippen molar-refractivity contribution in [2.24, 2.45) is 0 Å². The molecule has 0 radical (unpaired) electrons. The lowest BCUT2D eigenvalue weighted by atomic mass is 10.0. The highest BCUT2D eigenvalue weighted by Gasteiger charge is 2.40. The zero-order chi connectivity index (χ0) is 31.9. The van der Waals surface area contributed by atoms with E-state index in [1.165, 1.54) is 35.1 Å². The molecule has 1 aliphatic heterocycles. The fourth-order valence-electron chi connectivity index (χ4n) is 5.55. The minimum absolute atomic E-state index is 0.0653. The number of hydrogen-bond donors (Lipinski definition) is 2. The van der Waals surface area contributed by atoms with Gasteiger partial charge in [-0.05, 0) is 62.2 Å². The summed E-state index contributed by atoms with van der Waals surface area (Å²) in [6.45, 7) is 1.99. The number of imidazole rings is 2. The highest BCUT2D eigenvalue weighted by molar-refractivity contribution is 6.03. The third-order valence-corrected chi connectivity index (χ3v) is 7.73. The van der Waals surface area contributed by atoms with E-state index in [0.717, 1.165) is 6.07 Å². The fourth-order valence-corrected chi connectivity index (χ4v) is 5.55. The molecule has 15 heteroatoms. The summed E-state index contributed by atoms with van der Waals surface area (Å²) >= 11 is 0. The van der Waals surface area contributed by atoms with Crippen LogP contribution in [0.15, 0.2) is 60.9 Å². The Labute approximate surface area is 253 Å². The smallest absolute Gasteiger partial charge is 0.382 e. The maximum atomic E-state index is 13.8. The molecule has 1 amide bonds. The second kappa shape index (κ2) is 12.0. The number of pyridine rings is 1. The van der Waals surface area contributed by atoms with E-state index in [1.54, 1.807) is 29.2 Å². The minimum atomic E-state index is -4.69. The van der Waals surface area contributed by atoms with E-state index in [4.69, 9.17) is 10.1 Å². The largest absolute Gasteiger partial charge is 0.415 e. The zero-order valence-electron chi connectivity index (χ0n) is 23.8. The van der Waals surface area contributed by atoms with E-state index in [0.29, 0.717) is 60.0 Å². The van der Waals surface area contributed by atoms with E-state index in [2.05, 4.69) is 15.3 Å². The van der Waals surface area contributed by atoms with Crippen LogP contribution in [0.4, 0.5) is 27.8 Å². The number of halogens is 5. The molecular formula is C30H27F5N8O2. The van der Waals surface area contributed by atoms with E-state index in [9.17, 15) is 31.9 Å². The first-order valence-corrected chi connectivity index (χ1v) is 14.1. The standard InChI is InChI=1S/C30H27F5N8O2/c1-17-37-27(18-2-4-20(31)5-3-18)28(43(17)21-9-12-41(13-10-21)15-23(44)30(33,34)35)22-6-7-26-38-25(16-42(26)40-22)39-29(45)19-8-11-36-24(32)14-19/h2-8,11,14,16,21,23,44H,9-10,12-13,15H2,1H3,(H,39,45). The lowest BCUT2D eigenvalue weighted by Crippen LogP contribution is -2.44. The molecule has 2 N–H and O–H groups in total. The first kappa shape index (κ1) is 30.3. The third-order valence-electron chi connectivity index (χ3n) is 7.73. The molecule has 1 unspecified atom stereocenters. The van der Waals surface area contributed by atoms with Crippen LogP contribution >= 0.6 is 0 Å². The number of anilines is 1. The normalized spacial score (nSPS) is 15.4. The molecule has 0 bridgehead atoms. The predicted octanol–water partition coefficient (Wildman–Crippen LogP) is 5.05. The number of likely N-dealkylation sites (tertiary alicyclic amines) is 1. The Hall–Kier alpha value is -4.76. The average molecular weight is 627 g/mol. The molecule has 1 atom stereocenters. The number of aryl methyl sites for hydroxylation is 1. The number of fused-ring (bicyclic) bond motifs is 1. The van der Waals surface area contributed by atoms with Crippen molar-refractivity contribution in [1.82, 2.24) is 34.0 Å². The molecule has 5 heterocycles. The van der Waals surface area contributed by atoms with E-state index in [-0.39, 0.29) is 17.4 Å². The first-order valence-electron chi connectivity index (χ1n) is 14.1. The predicted molar refractivity (Wildman–Crippen MR) is 153 cm³/mol. The summed E-state index contributed by atoms with van der Waals surface area (Å²) in [6, 6.07) is 11.5. The highest BCUT2D eigenvalue weighted by atomic mass is 19.4. The Morgan fingerprint density at radius 2 is 1.80 bits per heavy atom. The number of aliphatic hydroxyl groups excluding tert-OH is 1. The van der Waals surface area contributed by atoms with Crippen LogP contribution in [0.2, 0.25) is 0 Å². The lowest BCUT2D eigenvalue weighted by Gasteiger charge is -2.35. The van der Waals surface area contributed by atoms with Crippen LogP contribution in [-0.4, -0.2) is 77.0 Å². The van der Waals surface area contributed by atoms with Crippen molar-refractivity contribution in [3.05, 3.63) is 84.1 Å². The number of aromatic nitrogens is 6. The average Bonchev–Trinajstić information content (AvgIpc) is 3.57. The van der Waals surface area contributed by atoms with Crippen LogP contribution in [0.1, 0.15) is 35.1 Å². The summed E-state index contributed by atoms with van der Waals surface area (Å²) in [6.07, 6.45) is -3.43. The minimum Gasteiger partial charge on any atom is -0.382 e. The summed E-state index contributed by atoms with van der Waals surface area (Å²) in [7, 11) is 0. The number of carbonyl (C=O) groups is 1. The summed E-state index contributed by atoms with van der Waals surface area (Å²) in [4.78, 5) is 26.9. The quantitative estimate of drug-likeness (QED) is 0.192. The molecular weight excluding hydrogens is 599 g/mol. The van der Waals surface area contributed by atoms with Gasteiger partial charge in [0, 0.05) is 49.1 Å². The number of nitrogens with zero attached hydrogens (tertiary/aromatic N) is 7. The van der Waals surface area contributed by atoms with Gasteiger partial charge in [0.2, 0.25) is 5.95 Å². The number of nitrogens with one attached hydrogen (secondary N) is 1. The van der Waals surface area contributed by atoms with Crippen LogP contribution in [0, 0.1) is 18.7 Å². The van der Waals surface area contributed by atoms with Crippen molar-refractivity contribution in [2.45, 2.75) is 38.1 Å². The second-order valence-corrected chi connectivity index (χ2v) is 10.8. The summed E-state index contributed by atoms with van der Waals surface area (Å²) in [5.41, 5.74) is 2.78. The van der Waals surface area contributed by atoms with Gasteiger partial charge in [-0.25, -0.2) is 23.9 Å². The summed E-state index contributed by atoms with van der Waals surface area (Å²) in [5.74, 6) is -0.965. The lowest BCUT2D eigenvalue weighted by molar-refractivity contribution is -0.208. The van der Waals surface area contributed by atoms with Gasteiger partial charge in [0.25, 0.3) is 5.91 Å². The number of hydrogen-bond acceptors (Lipinski definition) is 7. The van der Waals surface area contributed by atoms with Crippen molar-refractivity contribution in [2.75, 3.05) is 25.0 Å². The molecule has 1 aromatic carbocycles. The SMILES string of the molecule is Cc1nc(-c2ccc(F)cc2)c(-c2ccc3nc(NC(=O)c4ccnc(F)c4)cn3n2)n1C1CCN(CC(O)C(F)(F)F)CC1. The molecule has 45 heavy (non-hydrogen) atoms. The third kappa shape index (κ3) is 6.40. The number of aliphatic hydroxyl groups is 1. The highest BCUT2D eigenvalue weighted by Crippen LogP contribution is 2.37. The Balaban J connectivity index is 1.33. The van der Waals surface area contributed by atoms with Crippen molar-refractivity contribution in [3.63, 3.8) is 0 Å². The number of amides is 1. The fraction of sp³-hybridized carbons (Fsp3) is 0.300.